The number of hydrogen-bond acceptors (Lipinski definition) is 3. The molecule has 1 fully saturated rings. The number of nitrogens with zero attached hydrogens (tertiary/aromatic N) is 3. The molecule has 3 aliphatic rings. The lowest BCUT2D eigenvalue weighted by Gasteiger charge is -2.37. The standard InChI is InChI=1S/C24H27N3O2/c28-22-9-8-20-16-21(15-19-7-4-10-27(22)23(19)20)24(29)26-13-11-25(12-14-26)17-18-5-2-1-3-6-18/h1-3,5-6,15-16H,4,7-14,17H2. The zero-order chi connectivity index (χ0) is 19.8. The molecule has 0 aromatic heterocycles. The van der Waals surface area contributed by atoms with Crippen LogP contribution in [-0.2, 0) is 24.2 Å². The van der Waals surface area contributed by atoms with Crippen molar-refractivity contribution >= 4 is 17.5 Å². The zero-order valence-corrected chi connectivity index (χ0v) is 16.8. The fraction of sp³-hybridized carbons (Fsp3) is 0.417. The SMILES string of the molecule is O=C(c1cc2c3c(c1)CCC(=O)N3CCC2)N1CCN(Cc2ccccc2)CC1. The molecule has 0 saturated carbocycles. The molecule has 150 valence electrons. The van der Waals surface area contributed by atoms with Crippen LogP contribution in [0.3, 0.4) is 0 Å². The summed E-state index contributed by atoms with van der Waals surface area (Å²) in [4.78, 5) is 31.8. The fourth-order valence-corrected chi connectivity index (χ4v) is 4.91. The minimum Gasteiger partial charge on any atom is -0.336 e. The van der Waals surface area contributed by atoms with Crippen molar-refractivity contribution in [3.05, 3.63) is 64.7 Å². The van der Waals surface area contributed by atoms with E-state index in [1.165, 1.54) is 16.7 Å². The number of carbonyl (C=O) groups excluding carboxylic acids is 2. The van der Waals surface area contributed by atoms with Gasteiger partial charge in [0, 0.05) is 51.3 Å². The predicted octanol–water partition coefficient (Wildman–Crippen LogP) is 2.87. The topological polar surface area (TPSA) is 43.9 Å². The number of carbonyl (C=O) groups is 2. The summed E-state index contributed by atoms with van der Waals surface area (Å²) in [5.41, 5.74) is 5.56. The second-order valence-electron chi connectivity index (χ2n) is 8.35. The first kappa shape index (κ1) is 18.4. The van der Waals surface area contributed by atoms with Crippen molar-refractivity contribution in [2.75, 3.05) is 37.6 Å². The Labute approximate surface area is 171 Å². The summed E-state index contributed by atoms with van der Waals surface area (Å²) in [6, 6.07) is 14.6. The van der Waals surface area contributed by atoms with Crippen LogP contribution in [0, 0.1) is 0 Å². The quantitative estimate of drug-likeness (QED) is 0.811. The number of amides is 2. The van der Waals surface area contributed by atoms with E-state index in [4.69, 9.17) is 0 Å². The van der Waals surface area contributed by atoms with Gasteiger partial charge in [0.25, 0.3) is 5.91 Å². The van der Waals surface area contributed by atoms with Gasteiger partial charge in [-0.1, -0.05) is 30.3 Å². The highest BCUT2D eigenvalue weighted by Crippen LogP contribution is 2.36. The van der Waals surface area contributed by atoms with E-state index in [9.17, 15) is 9.59 Å². The van der Waals surface area contributed by atoms with Crippen LogP contribution in [0.1, 0.15) is 39.9 Å². The summed E-state index contributed by atoms with van der Waals surface area (Å²) in [5, 5.41) is 0. The highest BCUT2D eigenvalue weighted by molar-refractivity contribution is 6.00. The molecule has 0 radical (unpaired) electrons. The first-order valence-corrected chi connectivity index (χ1v) is 10.7. The molecule has 0 atom stereocenters. The molecular formula is C24H27N3O2. The van der Waals surface area contributed by atoms with Crippen LogP contribution in [0.15, 0.2) is 42.5 Å². The third-order valence-corrected chi connectivity index (χ3v) is 6.43. The van der Waals surface area contributed by atoms with E-state index >= 15 is 0 Å². The Hall–Kier alpha value is -2.66. The number of benzene rings is 2. The molecule has 2 amide bonds. The highest BCUT2D eigenvalue weighted by atomic mass is 16.2. The third-order valence-electron chi connectivity index (χ3n) is 6.43. The van der Waals surface area contributed by atoms with Gasteiger partial charge in [-0.3, -0.25) is 14.5 Å². The van der Waals surface area contributed by atoms with E-state index in [1.807, 2.05) is 28.0 Å². The lowest BCUT2D eigenvalue weighted by molar-refractivity contribution is -0.119. The second kappa shape index (κ2) is 7.64. The maximum Gasteiger partial charge on any atom is 0.253 e. The molecule has 2 aromatic rings. The Bertz CT molecular complexity index is 915. The van der Waals surface area contributed by atoms with Crippen LogP contribution < -0.4 is 4.90 Å². The molecule has 1 saturated heterocycles. The molecule has 5 heteroatoms. The molecule has 29 heavy (non-hydrogen) atoms. The molecule has 0 unspecified atom stereocenters. The summed E-state index contributed by atoms with van der Waals surface area (Å²) in [7, 11) is 0. The normalized spacial score (nSPS) is 19.2. The number of anilines is 1. The van der Waals surface area contributed by atoms with Gasteiger partial charge in [0.05, 0.1) is 5.69 Å². The van der Waals surface area contributed by atoms with E-state index in [0.717, 1.165) is 69.8 Å². The maximum atomic E-state index is 13.2. The van der Waals surface area contributed by atoms with E-state index < -0.39 is 0 Å². The van der Waals surface area contributed by atoms with Gasteiger partial charge in [0.15, 0.2) is 0 Å². The summed E-state index contributed by atoms with van der Waals surface area (Å²) in [6.07, 6.45) is 3.25. The molecule has 0 spiro atoms. The van der Waals surface area contributed by atoms with E-state index in [-0.39, 0.29) is 11.8 Å². The van der Waals surface area contributed by atoms with Gasteiger partial charge in [0.1, 0.15) is 0 Å². The maximum absolute atomic E-state index is 13.2. The molecule has 2 aromatic carbocycles. The first-order chi connectivity index (χ1) is 14.2. The summed E-state index contributed by atoms with van der Waals surface area (Å²) >= 11 is 0. The Morgan fingerprint density at radius 1 is 0.862 bits per heavy atom. The van der Waals surface area contributed by atoms with Gasteiger partial charge in [-0.2, -0.15) is 0 Å². The smallest absolute Gasteiger partial charge is 0.253 e. The Balaban J connectivity index is 1.29. The molecule has 5 rings (SSSR count). The molecule has 0 aliphatic carbocycles. The Morgan fingerprint density at radius 3 is 2.34 bits per heavy atom. The zero-order valence-electron chi connectivity index (χ0n) is 16.8. The minimum absolute atomic E-state index is 0.137. The van der Waals surface area contributed by atoms with Crippen molar-refractivity contribution in [3.63, 3.8) is 0 Å². The van der Waals surface area contributed by atoms with Crippen molar-refractivity contribution in [2.45, 2.75) is 32.2 Å². The van der Waals surface area contributed by atoms with Gasteiger partial charge in [-0.05, 0) is 48.1 Å². The lowest BCUT2D eigenvalue weighted by Crippen LogP contribution is -2.48. The van der Waals surface area contributed by atoms with Gasteiger partial charge in [-0.15, -0.1) is 0 Å². The van der Waals surface area contributed by atoms with Crippen molar-refractivity contribution in [3.8, 4) is 0 Å². The summed E-state index contributed by atoms with van der Waals surface area (Å²) in [6.45, 7) is 5.10. The summed E-state index contributed by atoms with van der Waals surface area (Å²) in [5.74, 6) is 0.365. The van der Waals surface area contributed by atoms with Crippen LogP contribution >= 0.6 is 0 Å². The monoisotopic (exact) mass is 389 g/mol. The largest absolute Gasteiger partial charge is 0.336 e. The predicted molar refractivity (Wildman–Crippen MR) is 113 cm³/mol. The Morgan fingerprint density at radius 2 is 1.59 bits per heavy atom. The lowest BCUT2D eigenvalue weighted by atomic mass is 9.89. The first-order valence-electron chi connectivity index (χ1n) is 10.7. The van der Waals surface area contributed by atoms with E-state index in [1.54, 1.807) is 0 Å². The van der Waals surface area contributed by atoms with E-state index in [2.05, 4.69) is 29.2 Å². The van der Waals surface area contributed by atoms with Crippen molar-refractivity contribution in [1.29, 1.82) is 0 Å². The van der Waals surface area contributed by atoms with Crippen LogP contribution in [-0.4, -0.2) is 54.3 Å². The van der Waals surface area contributed by atoms with Crippen molar-refractivity contribution < 1.29 is 9.59 Å². The number of aryl methyl sites for hydroxylation is 2. The van der Waals surface area contributed by atoms with Crippen LogP contribution in [0.4, 0.5) is 5.69 Å². The molecule has 3 aliphatic heterocycles. The minimum atomic E-state index is 0.137. The van der Waals surface area contributed by atoms with E-state index in [0.29, 0.717) is 6.42 Å². The third kappa shape index (κ3) is 3.55. The average Bonchev–Trinajstić information content (AvgIpc) is 2.77. The van der Waals surface area contributed by atoms with Gasteiger partial charge >= 0.3 is 0 Å². The van der Waals surface area contributed by atoms with Crippen LogP contribution in [0.2, 0.25) is 0 Å². The van der Waals surface area contributed by atoms with Crippen LogP contribution in [0.25, 0.3) is 0 Å². The number of hydrogen-bond donors (Lipinski definition) is 0. The Kier molecular flexibility index (Phi) is 4.84. The van der Waals surface area contributed by atoms with Gasteiger partial charge in [0.2, 0.25) is 5.91 Å². The van der Waals surface area contributed by atoms with Crippen molar-refractivity contribution in [2.24, 2.45) is 0 Å². The van der Waals surface area contributed by atoms with Gasteiger partial charge < -0.3 is 9.80 Å². The molecule has 3 heterocycles. The fourth-order valence-electron chi connectivity index (χ4n) is 4.91. The van der Waals surface area contributed by atoms with Crippen LogP contribution in [0.5, 0.6) is 0 Å². The molecular weight excluding hydrogens is 362 g/mol. The summed E-state index contributed by atoms with van der Waals surface area (Å²) < 4.78 is 0. The number of piperazine rings is 1. The molecule has 5 nitrogen and oxygen atoms in total. The average molecular weight is 389 g/mol. The van der Waals surface area contributed by atoms with Crippen molar-refractivity contribution in [1.82, 2.24) is 9.80 Å². The van der Waals surface area contributed by atoms with Gasteiger partial charge in [-0.25, -0.2) is 0 Å². The molecule has 0 N–H and O–H groups in total. The second-order valence-corrected chi connectivity index (χ2v) is 8.35. The number of rotatable bonds is 3. The molecule has 0 bridgehead atoms. The highest BCUT2D eigenvalue weighted by Gasteiger charge is 2.31.